The lowest BCUT2D eigenvalue weighted by Crippen LogP contribution is -2.75. The van der Waals surface area contributed by atoms with E-state index in [1.165, 1.54) is 16.4 Å². The Hall–Kier alpha value is -3.30. The smallest absolute Gasteiger partial charge is 0.108 e. The summed E-state index contributed by atoms with van der Waals surface area (Å²) in [5.41, 5.74) is 7.61. The zero-order chi connectivity index (χ0) is 30.7. The Kier molecular flexibility index (Phi) is 12.1. The van der Waals surface area contributed by atoms with Gasteiger partial charge in [-0.3, -0.25) is 0 Å². The summed E-state index contributed by atoms with van der Waals surface area (Å²) in [5, 5.41) is 0. The molecule has 6 nitrogen and oxygen atoms in total. The standard InChI is InChI=1S/C36H44BO6/c1-38-24-32(41-4)30-22-23-31(36(34(43-6)26-40-3)35(30)33(42-5)25-39-2)37(27-16-10-7-11-17-27,28-18-12-8-13-19-28)29-20-14-9-15-21-29/h7-23,32-34H,24-26H2,1-6H3/q-1. The zero-order valence-electron chi connectivity index (χ0n) is 26.2. The molecule has 43 heavy (non-hydrogen) atoms. The molecule has 0 spiro atoms. The van der Waals surface area contributed by atoms with Crippen molar-refractivity contribution in [2.75, 3.05) is 62.5 Å². The molecule has 0 aliphatic heterocycles. The van der Waals surface area contributed by atoms with Crippen molar-refractivity contribution in [3.8, 4) is 0 Å². The number of benzene rings is 4. The van der Waals surface area contributed by atoms with Crippen molar-refractivity contribution in [3.05, 3.63) is 120 Å². The van der Waals surface area contributed by atoms with E-state index in [1.807, 2.05) is 0 Å². The number of hydrogen-bond donors (Lipinski definition) is 0. The second-order valence-corrected chi connectivity index (χ2v) is 10.7. The van der Waals surface area contributed by atoms with Gasteiger partial charge in [-0.2, -0.15) is 21.9 Å². The van der Waals surface area contributed by atoms with Crippen LogP contribution in [0.5, 0.6) is 0 Å². The van der Waals surface area contributed by atoms with Crippen molar-refractivity contribution < 1.29 is 28.4 Å². The fourth-order valence-corrected chi connectivity index (χ4v) is 6.67. The van der Waals surface area contributed by atoms with Crippen LogP contribution in [-0.4, -0.2) is 68.6 Å². The minimum absolute atomic E-state index is 0.338. The Labute approximate surface area is 256 Å². The van der Waals surface area contributed by atoms with Gasteiger partial charge in [-0.1, -0.05) is 103 Å². The van der Waals surface area contributed by atoms with Crippen molar-refractivity contribution in [2.24, 2.45) is 0 Å². The van der Waals surface area contributed by atoms with Gasteiger partial charge >= 0.3 is 0 Å². The van der Waals surface area contributed by atoms with Crippen LogP contribution in [0.4, 0.5) is 0 Å². The molecule has 0 radical (unpaired) electrons. The second-order valence-electron chi connectivity index (χ2n) is 10.7. The molecule has 0 aliphatic rings. The second kappa shape index (κ2) is 16.0. The van der Waals surface area contributed by atoms with E-state index < -0.39 is 18.4 Å². The van der Waals surface area contributed by atoms with Crippen LogP contribution >= 0.6 is 0 Å². The molecule has 3 unspecified atom stereocenters. The third-order valence-electron chi connectivity index (χ3n) is 8.52. The molecule has 0 heterocycles. The molecule has 0 saturated heterocycles. The predicted octanol–water partition coefficient (Wildman–Crippen LogP) is 4.07. The van der Waals surface area contributed by atoms with Gasteiger partial charge in [0.05, 0.1) is 19.8 Å². The third kappa shape index (κ3) is 6.63. The Bertz CT molecular complexity index is 1290. The molecule has 4 aromatic carbocycles. The van der Waals surface area contributed by atoms with E-state index >= 15 is 0 Å². The lowest BCUT2D eigenvalue weighted by atomic mass is 9.12. The summed E-state index contributed by atoms with van der Waals surface area (Å²) in [5.74, 6) is 0. The van der Waals surface area contributed by atoms with Crippen LogP contribution in [0.3, 0.4) is 0 Å². The maximum Gasteiger partial charge on any atom is 0.108 e. The molecule has 3 atom stereocenters. The monoisotopic (exact) mass is 583 g/mol. The molecule has 228 valence electrons. The fraction of sp³-hybridized carbons (Fsp3) is 0.333. The minimum Gasteiger partial charge on any atom is -0.382 e. The van der Waals surface area contributed by atoms with E-state index in [0.717, 1.165) is 22.2 Å². The van der Waals surface area contributed by atoms with Gasteiger partial charge in [0.25, 0.3) is 0 Å². The first kappa shape index (κ1) is 32.6. The molecular weight excluding hydrogens is 539 g/mol. The van der Waals surface area contributed by atoms with Crippen molar-refractivity contribution in [2.45, 2.75) is 18.3 Å². The summed E-state index contributed by atoms with van der Waals surface area (Å²) in [6, 6.07) is 36.6. The van der Waals surface area contributed by atoms with Crippen LogP contribution in [0.2, 0.25) is 0 Å². The topological polar surface area (TPSA) is 55.4 Å². The average molecular weight is 584 g/mol. The molecular formula is C36H44BO6-. The van der Waals surface area contributed by atoms with Gasteiger partial charge in [-0.05, 0) is 16.7 Å². The normalized spacial score (nSPS) is 13.9. The highest BCUT2D eigenvalue weighted by atomic mass is 16.5. The van der Waals surface area contributed by atoms with Crippen molar-refractivity contribution in [1.29, 1.82) is 0 Å². The van der Waals surface area contributed by atoms with Gasteiger partial charge in [-0.25, -0.2) is 0 Å². The van der Waals surface area contributed by atoms with Gasteiger partial charge in [0.15, 0.2) is 0 Å². The van der Waals surface area contributed by atoms with Crippen LogP contribution in [-0.2, 0) is 28.4 Å². The van der Waals surface area contributed by atoms with Crippen molar-refractivity contribution in [1.82, 2.24) is 0 Å². The summed E-state index contributed by atoms with van der Waals surface area (Å²) in [7, 11) is 10.2. The number of hydrogen-bond acceptors (Lipinski definition) is 6. The highest BCUT2D eigenvalue weighted by Crippen LogP contribution is 2.36. The largest absolute Gasteiger partial charge is 0.382 e. The van der Waals surface area contributed by atoms with E-state index in [2.05, 4.69) is 103 Å². The number of rotatable bonds is 16. The molecule has 7 heteroatoms. The first-order chi connectivity index (χ1) is 21.1. The maximum absolute atomic E-state index is 6.28. The third-order valence-corrected chi connectivity index (χ3v) is 8.52. The summed E-state index contributed by atoms with van der Waals surface area (Å²) in [6.07, 6.45) is -2.89. The fourth-order valence-electron chi connectivity index (χ4n) is 6.67. The highest BCUT2D eigenvalue weighted by molar-refractivity contribution is 7.20. The van der Waals surface area contributed by atoms with Crippen molar-refractivity contribution in [3.63, 3.8) is 0 Å². The van der Waals surface area contributed by atoms with E-state index in [4.69, 9.17) is 28.4 Å². The van der Waals surface area contributed by atoms with Crippen LogP contribution in [0.15, 0.2) is 103 Å². The van der Waals surface area contributed by atoms with E-state index in [9.17, 15) is 0 Å². The molecule has 4 aromatic rings. The van der Waals surface area contributed by atoms with Gasteiger partial charge < -0.3 is 28.4 Å². The molecule has 0 N–H and O–H groups in total. The first-order valence-corrected chi connectivity index (χ1v) is 14.7. The van der Waals surface area contributed by atoms with Crippen LogP contribution < -0.4 is 21.9 Å². The van der Waals surface area contributed by atoms with E-state index in [0.29, 0.717) is 19.8 Å². The Morgan fingerprint density at radius 3 is 1.19 bits per heavy atom. The molecule has 0 amide bonds. The molecule has 0 aliphatic carbocycles. The lowest BCUT2D eigenvalue weighted by molar-refractivity contribution is 0.00464. The molecule has 0 fully saturated rings. The van der Waals surface area contributed by atoms with Gasteiger partial charge in [0.2, 0.25) is 0 Å². The summed E-state index contributed by atoms with van der Waals surface area (Å²) < 4.78 is 35.6. The van der Waals surface area contributed by atoms with Crippen LogP contribution in [0, 0.1) is 0 Å². The van der Waals surface area contributed by atoms with E-state index in [1.54, 1.807) is 42.7 Å². The Morgan fingerprint density at radius 1 is 0.442 bits per heavy atom. The lowest BCUT2D eigenvalue weighted by Gasteiger charge is -2.47. The molecule has 0 saturated carbocycles. The average Bonchev–Trinajstić information content (AvgIpc) is 3.07. The zero-order valence-corrected chi connectivity index (χ0v) is 26.2. The van der Waals surface area contributed by atoms with Gasteiger partial charge in [-0.15, -0.1) is 0 Å². The Morgan fingerprint density at radius 2 is 0.814 bits per heavy atom. The van der Waals surface area contributed by atoms with E-state index in [-0.39, 0.29) is 6.10 Å². The quantitative estimate of drug-likeness (QED) is 0.186. The summed E-state index contributed by atoms with van der Waals surface area (Å²) in [4.78, 5) is 0. The minimum atomic E-state index is -1.72. The molecule has 0 aromatic heterocycles. The number of ether oxygens (including phenoxy) is 6. The van der Waals surface area contributed by atoms with Gasteiger partial charge in [0.1, 0.15) is 24.5 Å². The van der Waals surface area contributed by atoms with Crippen LogP contribution in [0.1, 0.15) is 35.0 Å². The first-order valence-electron chi connectivity index (χ1n) is 14.7. The van der Waals surface area contributed by atoms with Crippen molar-refractivity contribution >= 4 is 28.0 Å². The highest BCUT2D eigenvalue weighted by Gasteiger charge is 2.38. The maximum atomic E-state index is 6.28. The molecule has 4 rings (SSSR count). The predicted molar refractivity (Wildman–Crippen MR) is 175 cm³/mol. The summed E-state index contributed by atoms with van der Waals surface area (Å²) >= 11 is 0. The summed E-state index contributed by atoms with van der Waals surface area (Å²) in [6.45, 7) is 1.06. The Balaban J connectivity index is 2.28. The van der Waals surface area contributed by atoms with Crippen LogP contribution in [0.25, 0.3) is 0 Å². The number of methoxy groups -OCH3 is 6. The molecule has 0 bridgehead atoms. The SMILES string of the molecule is COCC(OC)c1ccc([B-](c2ccccc2)(c2ccccc2)c2ccccc2)c(C(COC)OC)c1C(COC)OC. The van der Waals surface area contributed by atoms with Gasteiger partial charge in [0, 0.05) is 42.7 Å².